The number of halogens is 5. The first-order valence-corrected chi connectivity index (χ1v) is 12.9. The maximum Gasteiger partial charge on any atom is 0.493 e. The number of carbonyl (C=O) groups is 2. The number of likely N-dealkylation sites (N-methyl/N-ethyl adjacent to an activating group) is 1. The lowest BCUT2D eigenvalue weighted by Gasteiger charge is -2.25. The molecule has 0 aliphatic carbocycles. The molecule has 1 amide bonds. The van der Waals surface area contributed by atoms with Crippen LogP contribution in [0.4, 0.5) is 29.1 Å². The Morgan fingerprint density at radius 2 is 1.80 bits per heavy atom. The highest BCUT2D eigenvalue weighted by atomic mass is 35.5. The summed E-state index contributed by atoms with van der Waals surface area (Å²) in [5, 5.41) is 4.08. The van der Waals surface area contributed by atoms with E-state index in [2.05, 4.69) is 25.1 Å². The number of hydrogen-bond acceptors (Lipinski definition) is 7. The van der Waals surface area contributed by atoms with Gasteiger partial charge in [-0.3, -0.25) is 9.78 Å². The summed E-state index contributed by atoms with van der Waals surface area (Å²) in [4.78, 5) is 42.6. The first-order chi connectivity index (χ1) is 19.5. The summed E-state index contributed by atoms with van der Waals surface area (Å²) in [6, 6.07) is 10.1. The Balaban J connectivity index is 1.52. The van der Waals surface area contributed by atoms with Crippen LogP contribution in [-0.2, 0) is 9.63 Å². The standard InChI is InChI=1S/C27H25ClF4N6O3/c1-3-37(4-2)9-10-38(41-26(40)27(30,31)32)25(39)16-5-7-21(19(28)12-16)35-24-15-33-14-23(36-24)22-13-17-11-18(29)6-8-20(17)34-22/h5-8,11-15,34H,3-4,9-10H2,1-2H3,(H,35,36). The molecule has 0 fully saturated rings. The smallest absolute Gasteiger partial charge is 0.353 e. The number of amides is 1. The molecule has 2 heterocycles. The second kappa shape index (κ2) is 12.5. The van der Waals surface area contributed by atoms with Gasteiger partial charge in [0.15, 0.2) is 0 Å². The molecule has 0 saturated carbocycles. The molecule has 0 saturated heterocycles. The van der Waals surface area contributed by atoms with Gasteiger partial charge in [-0.15, -0.1) is 0 Å². The van der Waals surface area contributed by atoms with Crippen LogP contribution in [0.2, 0.25) is 5.02 Å². The Kier molecular flexibility index (Phi) is 9.08. The third kappa shape index (κ3) is 7.30. The molecule has 4 rings (SSSR count). The van der Waals surface area contributed by atoms with E-state index in [0.717, 1.165) is 5.52 Å². The first-order valence-electron chi connectivity index (χ1n) is 12.5. The van der Waals surface area contributed by atoms with Crippen molar-refractivity contribution in [1.82, 2.24) is 24.9 Å². The summed E-state index contributed by atoms with van der Waals surface area (Å²) in [6.45, 7) is 4.76. The molecule has 0 aliphatic heterocycles. The molecule has 2 N–H and O–H groups in total. The molecule has 41 heavy (non-hydrogen) atoms. The fourth-order valence-corrected chi connectivity index (χ4v) is 4.17. The second-order valence-electron chi connectivity index (χ2n) is 8.83. The molecule has 216 valence electrons. The number of hydrogen-bond donors (Lipinski definition) is 2. The Labute approximate surface area is 237 Å². The van der Waals surface area contributed by atoms with Crippen molar-refractivity contribution in [3.05, 3.63) is 71.3 Å². The highest BCUT2D eigenvalue weighted by Crippen LogP contribution is 2.29. The van der Waals surface area contributed by atoms with Gasteiger partial charge < -0.3 is 20.0 Å². The van der Waals surface area contributed by atoms with Gasteiger partial charge >= 0.3 is 12.1 Å². The van der Waals surface area contributed by atoms with Gasteiger partial charge in [-0.25, -0.2) is 14.2 Å². The van der Waals surface area contributed by atoms with E-state index in [1.54, 1.807) is 12.1 Å². The number of hydroxylamine groups is 2. The largest absolute Gasteiger partial charge is 0.493 e. The topological polar surface area (TPSA) is 103 Å². The molecule has 0 radical (unpaired) electrons. The molecular weight excluding hydrogens is 568 g/mol. The van der Waals surface area contributed by atoms with E-state index in [1.165, 1.54) is 42.7 Å². The number of nitrogens with one attached hydrogen (secondary N) is 2. The summed E-state index contributed by atoms with van der Waals surface area (Å²) < 4.78 is 52.1. The third-order valence-electron chi connectivity index (χ3n) is 6.14. The fraction of sp³-hybridized carbons (Fsp3) is 0.259. The molecule has 2 aromatic heterocycles. The van der Waals surface area contributed by atoms with Gasteiger partial charge in [0.2, 0.25) is 0 Å². The van der Waals surface area contributed by atoms with Crippen LogP contribution in [-0.4, -0.2) is 69.1 Å². The summed E-state index contributed by atoms with van der Waals surface area (Å²) in [7, 11) is 0. The van der Waals surface area contributed by atoms with Crippen LogP contribution in [0, 0.1) is 5.82 Å². The van der Waals surface area contributed by atoms with Gasteiger partial charge in [0.1, 0.15) is 17.3 Å². The van der Waals surface area contributed by atoms with E-state index in [1.807, 2.05) is 18.7 Å². The molecule has 0 atom stereocenters. The van der Waals surface area contributed by atoms with Crippen LogP contribution in [0.15, 0.2) is 54.9 Å². The average molecular weight is 593 g/mol. The van der Waals surface area contributed by atoms with Crippen LogP contribution < -0.4 is 5.32 Å². The van der Waals surface area contributed by atoms with Gasteiger partial charge in [-0.05, 0) is 55.6 Å². The fourth-order valence-electron chi connectivity index (χ4n) is 3.94. The average Bonchev–Trinajstić information content (AvgIpc) is 3.36. The maximum atomic E-state index is 13.6. The first kappa shape index (κ1) is 29.7. The van der Waals surface area contributed by atoms with Crippen molar-refractivity contribution in [2.45, 2.75) is 20.0 Å². The predicted molar refractivity (Wildman–Crippen MR) is 145 cm³/mol. The molecule has 0 unspecified atom stereocenters. The molecule has 0 aliphatic rings. The van der Waals surface area contributed by atoms with E-state index in [9.17, 15) is 27.2 Å². The van der Waals surface area contributed by atoms with Crippen molar-refractivity contribution in [1.29, 1.82) is 0 Å². The van der Waals surface area contributed by atoms with E-state index in [4.69, 9.17) is 11.6 Å². The third-order valence-corrected chi connectivity index (χ3v) is 6.45. The normalized spacial score (nSPS) is 11.6. The molecule has 2 aromatic carbocycles. The zero-order valence-corrected chi connectivity index (χ0v) is 22.7. The zero-order valence-electron chi connectivity index (χ0n) is 21.9. The van der Waals surface area contributed by atoms with Gasteiger partial charge in [-0.1, -0.05) is 25.4 Å². The van der Waals surface area contributed by atoms with Gasteiger partial charge in [0.05, 0.1) is 35.3 Å². The number of alkyl halides is 3. The minimum Gasteiger partial charge on any atom is -0.353 e. The summed E-state index contributed by atoms with van der Waals surface area (Å²) in [5.41, 5.74) is 2.02. The van der Waals surface area contributed by atoms with Crippen molar-refractivity contribution >= 4 is 45.9 Å². The maximum absolute atomic E-state index is 13.6. The Morgan fingerprint density at radius 3 is 2.49 bits per heavy atom. The van der Waals surface area contributed by atoms with Gasteiger partial charge in [0, 0.05) is 23.0 Å². The lowest BCUT2D eigenvalue weighted by Crippen LogP contribution is -2.42. The summed E-state index contributed by atoms with van der Waals surface area (Å²) in [5.74, 6) is -3.55. The second-order valence-corrected chi connectivity index (χ2v) is 9.24. The molecule has 4 aromatic rings. The number of fused-ring (bicyclic) bond motifs is 1. The van der Waals surface area contributed by atoms with Crippen LogP contribution in [0.1, 0.15) is 24.2 Å². The number of carbonyl (C=O) groups excluding carboxylic acids is 2. The SMILES string of the molecule is CCN(CC)CCN(OC(=O)C(F)(F)F)C(=O)c1ccc(Nc2cncc(-c3cc4cc(F)ccc4[nH]3)n2)c(Cl)c1. The van der Waals surface area contributed by atoms with Crippen LogP contribution in [0.25, 0.3) is 22.3 Å². The molecule has 9 nitrogen and oxygen atoms in total. The van der Waals surface area contributed by atoms with Crippen LogP contribution in [0.3, 0.4) is 0 Å². The Morgan fingerprint density at radius 1 is 1.05 bits per heavy atom. The highest BCUT2D eigenvalue weighted by Gasteiger charge is 2.43. The minimum absolute atomic E-state index is 0.0509. The van der Waals surface area contributed by atoms with Gasteiger partial charge in [-0.2, -0.15) is 18.2 Å². The molecule has 0 bridgehead atoms. The number of anilines is 2. The number of H-pyrrole nitrogens is 1. The minimum atomic E-state index is -5.28. The lowest BCUT2D eigenvalue weighted by atomic mass is 10.2. The zero-order chi connectivity index (χ0) is 29.7. The van der Waals surface area contributed by atoms with Crippen molar-refractivity contribution < 1.29 is 32.0 Å². The Hall–Kier alpha value is -4.23. The number of benzene rings is 2. The highest BCUT2D eigenvalue weighted by molar-refractivity contribution is 6.33. The number of rotatable bonds is 9. The van der Waals surface area contributed by atoms with Gasteiger partial charge in [0.25, 0.3) is 5.91 Å². The quantitative estimate of drug-likeness (QED) is 0.182. The van der Waals surface area contributed by atoms with Crippen LogP contribution >= 0.6 is 11.6 Å². The monoisotopic (exact) mass is 592 g/mol. The number of aromatic nitrogens is 3. The van der Waals surface area contributed by atoms with Crippen molar-refractivity contribution in [3.8, 4) is 11.4 Å². The molecule has 14 heteroatoms. The molecule has 0 spiro atoms. The van der Waals surface area contributed by atoms with E-state index < -0.39 is 18.1 Å². The van der Waals surface area contributed by atoms with Crippen LogP contribution in [0.5, 0.6) is 0 Å². The molecular formula is C27H25ClF4N6O3. The summed E-state index contributed by atoms with van der Waals surface area (Å²) >= 11 is 6.38. The number of nitrogens with zero attached hydrogens (tertiary/aromatic N) is 4. The predicted octanol–water partition coefficient (Wildman–Crippen LogP) is 5.97. The van der Waals surface area contributed by atoms with E-state index in [0.29, 0.717) is 46.4 Å². The Bertz CT molecular complexity index is 1560. The lowest BCUT2D eigenvalue weighted by molar-refractivity contribution is -0.228. The summed E-state index contributed by atoms with van der Waals surface area (Å²) in [6.07, 6.45) is -2.32. The van der Waals surface area contributed by atoms with Crippen molar-refractivity contribution in [3.63, 3.8) is 0 Å². The van der Waals surface area contributed by atoms with E-state index >= 15 is 0 Å². The van der Waals surface area contributed by atoms with E-state index in [-0.39, 0.29) is 29.5 Å². The van der Waals surface area contributed by atoms with Crippen molar-refractivity contribution in [2.75, 3.05) is 31.5 Å². The van der Waals surface area contributed by atoms with Crippen molar-refractivity contribution in [2.24, 2.45) is 0 Å². The number of aromatic amines is 1.